The van der Waals surface area contributed by atoms with Crippen LogP contribution in [-0.4, -0.2) is 62.0 Å². The lowest BCUT2D eigenvalue weighted by Crippen LogP contribution is -2.25. The van der Waals surface area contributed by atoms with Crippen molar-refractivity contribution >= 4 is 0 Å². The van der Waals surface area contributed by atoms with Gasteiger partial charge >= 0.3 is 0 Å². The van der Waals surface area contributed by atoms with Crippen molar-refractivity contribution in [1.82, 2.24) is 0 Å². The third kappa shape index (κ3) is 2.81. The third-order valence-electron chi connectivity index (χ3n) is 4.61. The second-order valence-electron chi connectivity index (χ2n) is 6.71. The van der Waals surface area contributed by atoms with E-state index in [-0.39, 0.29) is 11.2 Å². The summed E-state index contributed by atoms with van der Waals surface area (Å²) in [5.74, 6) is 0. The van der Waals surface area contributed by atoms with Gasteiger partial charge in [-0.25, -0.2) is 0 Å². The molecule has 0 aliphatic carbocycles. The van der Waals surface area contributed by atoms with E-state index >= 15 is 0 Å². The van der Waals surface area contributed by atoms with Crippen LogP contribution < -0.4 is 0 Å². The largest absolute Gasteiger partial charge is 0.375 e. The van der Waals surface area contributed by atoms with Crippen LogP contribution in [0.1, 0.15) is 26.7 Å². The molecule has 6 unspecified atom stereocenters. The average Bonchev–Trinajstić information content (AvgIpc) is 3.16. The second kappa shape index (κ2) is 4.15. The zero-order chi connectivity index (χ0) is 13.1. The zero-order valence-corrected chi connectivity index (χ0v) is 11.6. The summed E-state index contributed by atoms with van der Waals surface area (Å²) in [4.78, 5) is 0. The molecule has 0 radical (unpaired) electrons. The summed E-state index contributed by atoms with van der Waals surface area (Å²) >= 11 is 0. The highest BCUT2D eigenvalue weighted by atomic mass is 16.7. The molecule has 0 aromatic carbocycles. The highest BCUT2D eigenvalue weighted by molar-refractivity contribution is 5.04. The topological polar surface area (TPSA) is 59.4 Å². The molecule has 0 aromatic heterocycles. The first-order valence-electron chi connectivity index (χ1n) is 7.24. The molecule has 0 bridgehead atoms. The van der Waals surface area contributed by atoms with Gasteiger partial charge in [0, 0.05) is 12.8 Å². The van der Waals surface area contributed by atoms with Crippen molar-refractivity contribution < 1.29 is 23.7 Å². The van der Waals surface area contributed by atoms with E-state index in [9.17, 15) is 0 Å². The molecule has 5 heteroatoms. The molecule has 4 heterocycles. The number of hydrogen-bond donors (Lipinski definition) is 0. The molecule has 0 N–H and O–H groups in total. The molecule has 4 aliphatic rings. The van der Waals surface area contributed by atoms with E-state index < -0.39 is 0 Å². The van der Waals surface area contributed by atoms with Crippen molar-refractivity contribution in [3.63, 3.8) is 0 Å². The van der Waals surface area contributed by atoms with Crippen molar-refractivity contribution in [3.05, 3.63) is 0 Å². The molecule has 0 aromatic rings. The van der Waals surface area contributed by atoms with Gasteiger partial charge in [0.2, 0.25) is 0 Å². The molecule has 6 atom stereocenters. The Morgan fingerprint density at radius 2 is 1.32 bits per heavy atom. The van der Waals surface area contributed by atoms with Crippen LogP contribution >= 0.6 is 0 Å². The molecule has 0 spiro atoms. The summed E-state index contributed by atoms with van der Waals surface area (Å²) in [7, 11) is 0. The minimum atomic E-state index is -0.105. The lowest BCUT2D eigenvalue weighted by molar-refractivity contribution is 0.0520. The fourth-order valence-electron chi connectivity index (χ4n) is 2.77. The molecular formula is C14H22O5. The van der Waals surface area contributed by atoms with Crippen LogP contribution in [0.2, 0.25) is 0 Å². The Balaban J connectivity index is 1.15. The van der Waals surface area contributed by atoms with Crippen LogP contribution in [0.15, 0.2) is 0 Å². The molecule has 4 rings (SSSR count). The maximum atomic E-state index is 5.82. The molecule has 19 heavy (non-hydrogen) atoms. The smallest absolute Gasteiger partial charge is 0.115 e. The summed E-state index contributed by atoms with van der Waals surface area (Å²) in [6.45, 7) is 7.32. The highest BCUT2D eigenvalue weighted by Gasteiger charge is 2.57. The SMILES string of the molecule is CC1(COCC2(C)OC2CC2CO2)OC1CC1CO1. The third-order valence-corrected chi connectivity index (χ3v) is 4.61. The minimum absolute atomic E-state index is 0.105. The molecule has 4 fully saturated rings. The van der Waals surface area contributed by atoms with E-state index in [0.29, 0.717) is 37.6 Å². The van der Waals surface area contributed by atoms with E-state index in [1.54, 1.807) is 0 Å². The predicted octanol–water partition coefficient (Wildman–Crippen LogP) is 0.896. The van der Waals surface area contributed by atoms with Crippen molar-refractivity contribution in [1.29, 1.82) is 0 Å². The summed E-state index contributed by atoms with van der Waals surface area (Å²) < 4.78 is 27.7. The first-order chi connectivity index (χ1) is 9.07. The molecule has 0 saturated carbocycles. The quantitative estimate of drug-likeness (QED) is 0.613. The fourth-order valence-corrected chi connectivity index (χ4v) is 2.77. The van der Waals surface area contributed by atoms with Crippen molar-refractivity contribution in [2.24, 2.45) is 0 Å². The van der Waals surface area contributed by atoms with Crippen LogP contribution in [-0.2, 0) is 23.7 Å². The summed E-state index contributed by atoms with van der Waals surface area (Å²) in [6.07, 6.45) is 3.50. The van der Waals surface area contributed by atoms with Crippen LogP contribution in [0.4, 0.5) is 0 Å². The van der Waals surface area contributed by atoms with Gasteiger partial charge < -0.3 is 23.7 Å². The number of hydrogen-bond acceptors (Lipinski definition) is 5. The maximum Gasteiger partial charge on any atom is 0.115 e. The molecule has 5 nitrogen and oxygen atoms in total. The fraction of sp³-hybridized carbons (Fsp3) is 1.00. The normalized spacial score (nSPS) is 54.0. The Morgan fingerprint density at radius 3 is 1.68 bits per heavy atom. The van der Waals surface area contributed by atoms with Gasteiger partial charge in [-0.15, -0.1) is 0 Å². The highest BCUT2D eigenvalue weighted by Crippen LogP contribution is 2.44. The van der Waals surface area contributed by atoms with Gasteiger partial charge in [-0.1, -0.05) is 0 Å². The average molecular weight is 270 g/mol. The first-order valence-corrected chi connectivity index (χ1v) is 7.24. The number of rotatable bonds is 8. The van der Waals surface area contributed by atoms with E-state index in [1.807, 2.05) is 0 Å². The van der Waals surface area contributed by atoms with Gasteiger partial charge in [0.05, 0.1) is 50.8 Å². The van der Waals surface area contributed by atoms with Crippen molar-refractivity contribution in [2.45, 2.75) is 62.3 Å². The zero-order valence-electron chi connectivity index (χ0n) is 11.6. The summed E-state index contributed by atoms with van der Waals surface area (Å²) in [5.41, 5.74) is -0.210. The first kappa shape index (κ1) is 12.5. The Kier molecular flexibility index (Phi) is 2.74. The molecule has 108 valence electrons. The van der Waals surface area contributed by atoms with Crippen molar-refractivity contribution in [3.8, 4) is 0 Å². The van der Waals surface area contributed by atoms with E-state index in [4.69, 9.17) is 23.7 Å². The molecular weight excluding hydrogens is 248 g/mol. The standard InChI is InChI=1S/C14H22O5/c1-13(11(18-13)3-9-5-16-9)7-15-8-14(2)12(19-14)4-10-6-17-10/h9-12H,3-8H2,1-2H3. The van der Waals surface area contributed by atoms with E-state index in [2.05, 4.69) is 13.8 Å². The Bertz CT molecular complexity index is 333. The van der Waals surface area contributed by atoms with Crippen LogP contribution in [0, 0.1) is 0 Å². The van der Waals surface area contributed by atoms with Crippen LogP contribution in [0.3, 0.4) is 0 Å². The Labute approximate surface area is 113 Å². The number of ether oxygens (including phenoxy) is 5. The molecule has 4 aliphatic heterocycles. The van der Waals surface area contributed by atoms with Gasteiger partial charge in [-0.05, 0) is 13.8 Å². The second-order valence-corrected chi connectivity index (χ2v) is 6.71. The Morgan fingerprint density at radius 1 is 0.895 bits per heavy atom. The van der Waals surface area contributed by atoms with Gasteiger partial charge in [-0.3, -0.25) is 0 Å². The summed E-state index contributed by atoms with van der Waals surface area (Å²) in [6, 6.07) is 0. The molecule has 0 amide bonds. The van der Waals surface area contributed by atoms with Gasteiger partial charge in [0.25, 0.3) is 0 Å². The monoisotopic (exact) mass is 270 g/mol. The summed E-state index contributed by atoms with van der Waals surface area (Å²) in [5, 5.41) is 0. The number of epoxide rings is 4. The van der Waals surface area contributed by atoms with Gasteiger partial charge in [0.15, 0.2) is 0 Å². The molecule has 4 saturated heterocycles. The Hall–Kier alpha value is -0.200. The lowest BCUT2D eigenvalue weighted by atomic mass is 10.0. The maximum absolute atomic E-state index is 5.82. The predicted molar refractivity (Wildman–Crippen MR) is 66.1 cm³/mol. The van der Waals surface area contributed by atoms with E-state index in [1.165, 1.54) is 0 Å². The van der Waals surface area contributed by atoms with E-state index in [0.717, 1.165) is 26.1 Å². The van der Waals surface area contributed by atoms with Gasteiger partial charge in [0.1, 0.15) is 11.2 Å². The van der Waals surface area contributed by atoms with Crippen LogP contribution in [0.5, 0.6) is 0 Å². The van der Waals surface area contributed by atoms with Crippen LogP contribution in [0.25, 0.3) is 0 Å². The minimum Gasteiger partial charge on any atom is -0.375 e. The lowest BCUT2D eigenvalue weighted by Gasteiger charge is -2.11. The van der Waals surface area contributed by atoms with Crippen molar-refractivity contribution in [2.75, 3.05) is 26.4 Å². The van der Waals surface area contributed by atoms with Gasteiger partial charge in [-0.2, -0.15) is 0 Å².